The summed E-state index contributed by atoms with van der Waals surface area (Å²) in [5, 5.41) is 9.04. The summed E-state index contributed by atoms with van der Waals surface area (Å²) in [6, 6.07) is 5.08. The number of carbonyl (C=O) groups is 3. The minimum atomic E-state index is -0.340. The van der Waals surface area contributed by atoms with Crippen molar-refractivity contribution in [1.29, 1.82) is 0 Å². The number of nitrogens with zero attached hydrogens (tertiary/aromatic N) is 3. The largest absolute Gasteiger partial charge is 0.379 e. The number of carbonyl (C=O) groups excluding carboxylic acids is 3. The first kappa shape index (κ1) is 24.9. The quantitative estimate of drug-likeness (QED) is 0.453. The van der Waals surface area contributed by atoms with Crippen LogP contribution in [0.1, 0.15) is 66.1 Å². The first-order chi connectivity index (χ1) is 15.7. The normalized spacial score (nSPS) is 11.6. The summed E-state index contributed by atoms with van der Waals surface area (Å²) in [6.45, 7) is 9.83. The average Bonchev–Trinajstić information content (AvgIpc) is 3.36. The average molecular weight is 467 g/mol. The van der Waals surface area contributed by atoms with Gasteiger partial charge in [-0.1, -0.05) is 13.8 Å². The molecule has 2 amide bonds. The molecule has 0 unspecified atom stereocenters. The number of ketones is 1. The first-order valence-corrected chi connectivity index (χ1v) is 11.2. The van der Waals surface area contributed by atoms with Gasteiger partial charge in [-0.15, -0.1) is 0 Å². The third kappa shape index (κ3) is 5.59. The number of Topliss-reactive ketones (excluding diaryl/α,β-unsaturated/α-hetero) is 1. The van der Waals surface area contributed by atoms with E-state index < -0.39 is 0 Å². The first-order valence-electron chi connectivity index (χ1n) is 11.2. The van der Waals surface area contributed by atoms with Crippen LogP contribution in [0, 0.1) is 5.92 Å². The molecule has 182 valence electrons. The number of rotatable bonds is 7. The standard InChI is InChI=1S/C25H34N6O3/c1-15(2)22(32)19-9-16(12-29(19)6)26-23(33)20-10-17(13-30(20)7)27-24(34)21-11-18(14-31(21)8)28-25(3,4)5/h9-15,28H,1-8H3,(H,26,33)(H,27,34). The third-order valence-corrected chi connectivity index (χ3v) is 5.29. The van der Waals surface area contributed by atoms with Crippen molar-refractivity contribution in [3.05, 3.63) is 53.9 Å². The molecule has 9 heteroatoms. The van der Waals surface area contributed by atoms with E-state index in [1.54, 1.807) is 58.4 Å². The van der Waals surface area contributed by atoms with Gasteiger partial charge < -0.3 is 29.7 Å². The summed E-state index contributed by atoms with van der Waals surface area (Å²) in [5.41, 5.74) is 3.17. The number of hydrogen-bond donors (Lipinski definition) is 3. The van der Waals surface area contributed by atoms with Crippen LogP contribution in [0.4, 0.5) is 17.1 Å². The lowest BCUT2D eigenvalue weighted by atomic mass is 10.1. The van der Waals surface area contributed by atoms with Crippen molar-refractivity contribution in [1.82, 2.24) is 13.7 Å². The molecule has 0 aliphatic heterocycles. The second kappa shape index (κ2) is 9.24. The molecule has 3 rings (SSSR count). The van der Waals surface area contributed by atoms with E-state index in [9.17, 15) is 14.4 Å². The molecule has 0 bridgehead atoms. The SMILES string of the molecule is CC(C)C(=O)c1cc(NC(=O)c2cc(NC(=O)c3cc(NC(C)(C)C)cn3C)cn2C)cn1C. The second-order valence-electron chi connectivity index (χ2n) is 9.98. The zero-order valence-electron chi connectivity index (χ0n) is 21.1. The fourth-order valence-electron chi connectivity index (χ4n) is 3.71. The maximum atomic E-state index is 12.9. The van der Waals surface area contributed by atoms with E-state index in [4.69, 9.17) is 0 Å². The molecule has 9 nitrogen and oxygen atoms in total. The number of nitrogens with one attached hydrogen (secondary N) is 3. The Hall–Kier alpha value is -3.75. The topological polar surface area (TPSA) is 102 Å². The van der Waals surface area contributed by atoms with Crippen LogP contribution < -0.4 is 16.0 Å². The Morgan fingerprint density at radius 1 is 0.706 bits per heavy atom. The van der Waals surface area contributed by atoms with Crippen LogP contribution in [-0.2, 0) is 21.1 Å². The van der Waals surface area contributed by atoms with Crippen LogP contribution in [0.25, 0.3) is 0 Å². The second-order valence-corrected chi connectivity index (χ2v) is 9.98. The van der Waals surface area contributed by atoms with E-state index >= 15 is 0 Å². The highest BCUT2D eigenvalue weighted by atomic mass is 16.2. The smallest absolute Gasteiger partial charge is 0.272 e. The summed E-state index contributed by atoms with van der Waals surface area (Å²) in [6.07, 6.45) is 5.25. The predicted octanol–water partition coefficient (Wildman–Crippen LogP) is 4.26. The van der Waals surface area contributed by atoms with Crippen molar-refractivity contribution in [3.63, 3.8) is 0 Å². The number of aryl methyl sites for hydroxylation is 3. The van der Waals surface area contributed by atoms with Gasteiger partial charge in [0.15, 0.2) is 5.78 Å². The van der Waals surface area contributed by atoms with Crippen LogP contribution in [0.15, 0.2) is 36.8 Å². The lowest BCUT2D eigenvalue weighted by Gasteiger charge is -2.20. The molecule has 0 fully saturated rings. The van der Waals surface area contributed by atoms with Crippen molar-refractivity contribution < 1.29 is 14.4 Å². The highest BCUT2D eigenvalue weighted by molar-refractivity contribution is 6.07. The lowest BCUT2D eigenvalue weighted by Crippen LogP contribution is -2.25. The van der Waals surface area contributed by atoms with Gasteiger partial charge in [-0.25, -0.2) is 0 Å². The molecule has 3 heterocycles. The van der Waals surface area contributed by atoms with E-state index in [0.29, 0.717) is 28.5 Å². The number of aromatic nitrogens is 3. The van der Waals surface area contributed by atoms with Crippen LogP contribution in [0.2, 0.25) is 0 Å². The Kier molecular flexibility index (Phi) is 6.77. The Labute approximate surface area is 200 Å². The molecule has 0 aliphatic carbocycles. The minimum Gasteiger partial charge on any atom is -0.379 e. The van der Waals surface area contributed by atoms with Gasteiger partial charge in [0.2, 0.25) is 0 Å². The van der Waals surface area contributed by atoms with Crippen LogP contribution >= 0.6 is 0 Å². The van der Waals surface area contributed by atoms with Gasteiger partial charge in [0.1, 0.15) is 11.4 Å². The molecular weight excluding hydrogens is 432 g/mol. The van der Waals surface area contributed by atoms with Gasteiger partial charge in [-0.05, 0) is 39.0 Å². The molecule has 34 heavy (non-hydrogen) atoms. The molecule has 0 aromatic carbocycles. The number of anilines is 3. The van der Waals surface area contributed by atoms with E-state index in [2.05, 4.69) is 36.7 Å². The molecule has 0 spiro atoms. The van der Waals surface area contributed by atoms with Crippen molar-refractivity contribution in [3.8, 4) is 0 Å². The summed E-state index contributed by atoms with van der Waals surface area (Å²) < 4.78 is 5.11. The van der Waals surface area contributed by atoms with Gasteiger partial charge in [0.05, 0.1) is 22.8 Å². The van der Waals surface area contributed by atoms with Gasteiger partial charge in [-0.3, -0.25) is 14.4 Å². The van der Waals surface area contributed by atoms with Crippen molar-refractivity contribution in [2.24, 2.45) is 27.1 Å². The lowest BCUT2D eigenvalue weighted by molar-refractivity contribution is 0.0930. The van der Waals surface area contributed by atoms with Crippen LogP contribution in [0.3, 0.4) is 0 Å². The fourth-order valence-corrected chi connectivity index (χ4v) is 3.71. The van der Waals surface area contributed by atoms with Crippen molar-refractivity contribution in [2.75, 3.05) is 16.0 Å². The molecule has 0 saturated carbocycles. The van der Waals surface area contributed by atoms with Gasteiger partial charge in [0, 0.05) is 51.2 Å². The van der Waals surface area contributed by atoms with Crippen LogP contribution in [-0.4, -0.2) is 36.8 Å². The molecule has 3 aromatic rings. The molecule has 3 N–H and O–H groups in total. The van der Waals surface area contributed by atoms with E-state index in [0.717, 1.165) is 5.69 Å². The van der Waals surface area contributed by atoms with Crippen molar-refractivity contribution >= 4 is 34.7 Å². The van der Waals surface area contributed by atoms with Crippen LogP contribution in [0.5, 0.6) is 0 Å². The molecule has 0 aliphatic rings. The maximum absolute atomic E-state index is 12.9. The predicted molar refractivity (Wildman–Crippen MR) is 135 cm³/mol. The summed E-state index contributed by atoms with van der Waals surface area (Å²) in [5.74, 6) is -0.747. The molecule has 0 saturated heterocycles. The fraction of sp³-hybridized carbons (Fsp3) is 0.400. The summed E-state index contributed by atoms with van der Waals surface area (Å²) >= 11 is 0. The highest BCUT2D eigenvalue weighted by Gasteiger charge is 2.20. The molecule has 3 aromatic heterocycles. The molecular formula is C25H34N6O3. The summed E-state index contributed by atoms with van der Waals surface area (Å²) in [4.78, 5) is 38.0. The summed E-state index contributed by atoms with van der Waals surface area (Å²) in [7, 11) is 5.31. The van der Waals surface area contributed by atoms with E-state index in [-0.39, 0.29) is 29.1 Å². The Morgan fingerprint density at radius 2 is 1.09 bits per heavy atom. The Morgan fingerprint density at radius 3 is 1.53 bits per heavy atom. The maximum Gasteiger partial charge on any atom is 0.272 e. The Balaban J connectivity index is 1.72. The zero-order valence-corrected chi connectivity index (χ0v) is 21.1. The zero-order chi connectivity index (χ0) is 25.4. The number of hydrogen-bond acceptors (Lipinski definition) is 4. The van der Waals surface area contributed by atoms with Crippen molar-refractivity contribution in [2.45, 2.75) is 40.2 Å². The van der Waals surface area contributed by atoms with E-state index in [1.165, 1.54) is 0 Å². The van der Waals surface area contributed by atoms with E-state index in [1.807, 2.05) is 27.1 Å². The highest BCUT2D eigenvalue weighted by Crippen LogP contribution is 2.21. The molecule has 0 radical (unpaired) electrons. The third-order valence-electron chi connectivity index (χ3n) is 5.29. The van der Waals surface area contributed by atoms with Gasteiger partial charge in [0.25, 0.3) is 11.8 Å². The van der Waals surface area contributed by atoms with Gasteiger partial charge >= 0.3 is 0 Å². The van der Waals surface area contributed by atoms with Gasteiger partial charge in [-0.2, -0.15) is 0 Å². The number of amides is 2. The monoisotopic (exact) mass is 466 g/mol. The Bertz CT molecular complexity index is 1240. The minimum absolute atomic E-state index is 0.00778. The molecule has 0 atom stereocenters.